The smallest absolute Gasteiger partial charge is 0.339 e. The van der Waals surface area contributed by atoms with Crippen LogP contribution in [-0.2, 0) is 4.74 Å². The third kappa shape index (κ3) is 1.50. The van der Waals surface area contributed by atoms with E-state index < -0.39 is 0 Å². The predicted octanol–water partition coefficient (Wildman–Crippen LogP) is 2.08. The van der Waals surface area contributed by atoms with Gasteiger partial charge in [-0.1, -0.05) is 6.92 Å². The summed E-state index contributed by atoms with van der Waals surface area (Å²) in [6, 6.07) is 1.86. The van der Waals surface area contributed by atoms with E-state index in [4.69, 9.17) is 0 Å². The minimum Gasteiger partial charge on any atom is -0.465 e. The molecule has 1 aromatic heterocycles. The number of carbonyl (C=O) groups is 1. The van der Waals surface area contributed by atoms with E-state index in [1.807, 2.05) is 6.07 Å². The molecule has 0 amide bonds. The maximum absolute atomic E-state index is 11.2. The molecule has 2 heterocycles. The number of hydrogen-bond donors (Lipinski definition) is 0. The number of esters is 1. The highest BCUT2D eigenvalue weighted by molar-refractivity contribution is 7.99. The van der Waals surface area contributed by atoms with Gasteiger partial charge in [0.05, 0.1) is 18.4 Å². The Labute approximate surface area is 86.9 Å². The number of carbonyl (C=O) groups excluding carboxylic acids is 1. The molecule has 0 saturated carbocycles. The number of thioether (sulfide) groups is 1. The molecule has 4 heteroatoms. The van der Waals surface area contributed by atoms with Crippen molar-refractivity contribution < 1.29 is 9.53 Å². The molecule has 0 unspecified atom stereocenters. The minimum atomic E-state index is -0.319. The Morgan fingerprint density at radius 3 is 3.21 bits per heavy atom. The molecule has 0 bridgehead atoms. The maximum Gasteiger partial charge on any atom is 0.339 e. The van der Waals surface area contributed by atoms with Crippen molar-refractivity contribution in [3.63, 3.8) is 0 Å². The summed E-state index contributed by atoms with van der Waals surface area (Å²) in [6.45, 7) is 2.14. The molecule has 0 aliphatic carbocycles. The lowest BCUT2D eigenvalue weighted by Gasteiger charge is -2.03. The largest absolute Gasteiger partial charge is 0.465 e. The van der Waals surface area contributed by atoms with Crippen LogP contribution in [0.1, 0.15) is 28.9 Å². The fourth-order valence-electron chi connectivity index (χ4n) is 1.46. The number of fused-ring (bicyclic) bond motifs is 1. The number of hydrogen-bond acceptors (Lipinski definition) is 4. The zero-order valence-electron chi connectivity index (χ0n) is 8.11. The summed E-state index contributed by atoms with van der Waals surface area (Å²) in [5.41, 5.74) is 1.63. The van der Waals surface area contributed by atoms with Crippen molar-refractivity contribution in [1.82, 2.24) is 4.98 Å². The number of nitrogens with zero attached hydrogens (tertiary/aromatic N) is 1. The van der Waals surface area contributed by atoms with Gasteiger partial charge in [-0.05, 0) is 6.07 Å². The van der Waals surface area contributed by atoms with Gasteiger partial charge in [0.25, 0.3) is 0 Å². The van der Waals surface area contributed by atoms with Gasteiger partial charge in [0.2, 0.25) is 0 Å². The zero-order chi connectivity index (χ0) is 10.1. The van der Waals surface area contributed by atoms with E-state index in [1.54, 1.807) is 18.0 Å². The molecule has 1 aromatic rings. The molecule has 2 rings (SSSR count). The Hall–Kier alpha value is -1.03. The van der Waals surface area contributed by atoms with Crippen molar-refractivity contribution in [3.8, 4) is 0 Å². The van der Waals surface area contributed by atoms with Gasteiger partial charge in [-0.15, -0.1) is 11.8 Å². The molecule has 1 aliphatic rings. The Bertz CT molecular complexity index is 378. The molecule has 3 nitrogen and oxygen atoms in total. The maximum atomic E-state index is 11.2. The van der Waals surface area contributed by atoms with Crippen LogP contribution in [0.3, 0.4) is 0 Å². The lowest BCUT2D eigenvalue weighted by molar-refractivity contribution is 0.0600. The van der Waals surface area contributed by atoms with E-state index in [-0.39, 0.29) is 5.97 Å². The number of aromatic nitrogens is 1. The van der Waals surface area contributed by atoms with Crippen molar-refractivity contribution in [3.05, 3.63) is 23.5 Å². The van der Waals surface area contributed by atoms with Crippen molar-refractivity contribution in [2.24, 2.45) is 0 Å². The lowest BCUT2D eigenvalue weighted by atomic mass is 10.1. The molecule has 0 aromatic carbocycles. The molecule has 0 fully saturated rings. The van der Waals surface area contributed by atoms with Gasteiger partial charge in [0.15, 0.2) is 0 Å². The van der Waals surface area contributed by atoms with Crippen molar-refractivity contribution in [2.45, 2.75) is 17.7 Å². The Balaban J connectivity index is 2.37. The Morgan fingerprint density at radius 2 is 2.50 bits per heavy atom. The van der Waals surface area contributed by atoms with Crippen LogP contribution in [0.25, 0.3) is 0 Å². The van der Waals surface area contributed by atoms with Gasteiger partial charge < -0.3 is 4.74 Å². The van der Waals surface area contributed by atoms with E-state index in [0.29, 0.717) is 11.5 Å². The normalized spacial score (nSPS) is 19.1. The highest BCUT2D eigenvalue weighted by Crippen LogP contribution is 2.37. The molecule has 1 aliphatic heterocycles. The van der Waals surface area contributed by atoms with Crippen LogP contribution in [0.4, 0.5) is 0 Å². The van der Waals surface area contributed by atoms with E-state index in [0.717, 1.165) is 16.3 Å². The lowest BCUT2D eigenvalue weighted by Crippen LogP contribution is -2.03. The average molecular weight is 209 g/mol. The molecule has 0 spiro atoms. The van der Waals surface area contributed by atoms with Crippen LogP contribution in [0, 0.1) is 0 Å². The van der Waals surface area contributed by atoms with E-state index in [1.165, 1.54) is 7.11 Å². The van der Waals surface area contributed by atoms with E-state index in [2.05, 4.69) is 16.6 Å². The third-order valence-corrected chi connectivity index (χ3v) is 3.56. The number of rotatable bonds is 1. The summed E-state index contributed by atoms with van der Waals surface area (Å²) in [5, 5.41) is 0. The number of pyridine rings is 1. The molecular formula is C10H11NO2S. The summed E-state index contributed by atoms with van der Waals surface area (Å²) in [7, 11) is 1.38. The summed E-state index contributed by atoms with van der Waals surface area (Å²) in [5.74, 6) is 1.22. The van der Waals surface area contributed by atoms with Crippen molar-refractivity contribution >= 4 is 17.7 Å². The highest BCUT2D eigenvalue weighted by Gasteiger charge is 2.22. The van der Waals surface area contributed by atoms with Crippen LogP contribution < -0.4 is 0 Å². The molecular weight excluding hydrogens is 198 g/mol. The van der Waals surface area contributed by atoms with Gasteiger partial charge in [0.1, 0.15) is 0 Å². The van der Waals surface area contributed by atoms with Crippen LogP contribution in [0.15, 0.2) is 17.2 Å². The molecule has 0 saturated heterocycles. The molecule has 0 N–H and O–H groups in total. The van der Waals surface area contributed by atoms with Crippen LogP contribution in [-0.4, -0.2) is 23.8 Å². The molecule has 1 atom stereocenters. The van der Waals surface area contributed by atoms with Crippen LogP contribution in [0.5, 0.6) is 0 Å². The van der Waals surface area contributed by atoms with Gasteiger partial charge in [-0.2, -0.15) is 0 Å². The summed E-state index contributed by atoms with van der Waals surface area (Å²) in [4.78, 5) is 16.6. The van der Waals surface area contributed by atoms with Gasteiger partial charge in [-0.25, -0.2) is 4.79 Å². The topological polar surface area (TPSA) is 39.2 Å². The van der Waals surface area contributed by atoms with E-state index >= 15 is 0 Å². The van der Waals surface area contributed by atoms with Crippen LogP contribution in [0.2, 0.25) is 0 Å². The standard InChI is InChI=1S/C10H11NO2S/c1-6-5-14-8-3-7(10(12)13-2)4-11-9(6)8/h3-4,6H,5H2,1-2H3/t6-/m0/s1. The zero-order valence-corrected chi connectivity index (χ0v) is 8.93. The first-order valence-corrected chi connectivity index (χ1v) is 5.42. The quantitative estimate of drug-likeness (QED) is 0.664. The molecule has 14 heavy (non-hydrogen) atoms. The summed E-state index contributed by atoms with van der Waals surface area (Å²) >= 11 is 1.75. The predicted molar refractivity (Wildman–Crippen MR) is 54.7 cm³/mol. The Morgan fingerprint density at radius 1 is 1.71 bits per heavy atom. The monoisotopic (exact) mass is 209 g/mol. The van der Waals surface area contributed by atoms with Gasteiger partial charge >= 0.3 is 5.97 Å². The SMILES string of the molecule is COC(=O)c1cnc2c(c1)SC[C@@H]2C. The first-order chi connectivity index (χ1) is 6.72. The van der Waals surface area contributed by atoms with Crippen LogP contribution >= 0.6 is 11.8 Å². The molecule has 0 radical (unpaired) electrons. The average Bonchev–Trinajstić information content (AvgIpc) is 2.59. The second kappa shape index (κ2) is 3.61. The second-order valence-electron chi connectivity index (χ2n) is 3.31. The van der Waals surface area contributed by atoms with Gasteiger partial charge in [0, 0.05) is 22.8 Å². The number of ether oxygens (including phenoxy) is 1. The third-order valence-electron chi connectivity index (χ3n) is 2.26. The number of methoxy groups -OCH3 is 1. The van der Waals surface area contributed by atoms with E-state index in [9.17, 15) is 4.79 Å². The first kappa shape index (κ1) is 9.52. The van der Waals surface area contributed by atoms with Crippen molar-refractivity contribution in [2.75, 3.05) is 12.9 Å². The highest BCUT2D eigenvalue weighted by atomic mass is 32.2. The van der Waals surface area contributed by atoms with Crippen molar-refractivity contribution in [1.29, 1.82) is 0 Å². The Kier molecular flexibility index (Phi) is 2.46. The fraction of sp³-hybridized carbons (Fsp3) is 0.400. The summed E-state index contributed by atoms with van der Waals surface area (Å²) in [6.07, 6.45) is 1.59. The van der Waals surface area contributed by atoms with Gasteiger partial charge in [-0.3, -0.25) is 4.98 Å². The molecule has 74 valence electrons. The first-order valence-electron chi connectivity index (χ1n) is 4.43. The minimum absolute atomic E-state index is 0.319. The fourth-order valence-corrected chi connectivity index (χ4v) is 2.66. The second-order valence-corrected chi connectivity index (χ2v) is 4.37. The summed E-state index contributed by atoms with van der Waals surface area (Å²) < 4.78 is 4.63.